The quantitative estimate of drug-likeness (QED) is 0.575. The van der Waals surface area contributed by atoms with Gasteiger partial charge in [-0.05, 0) is 36.4 Å². The van der Waals surface area contributed by atoms with Gasteiger partial charge in [-0.15, -0.1) is 0 Å². The molecule has 27 heavy (non-hydrogen) atoms. The minimum Gasteiger partial charge on any atom is -0.383 e. The van der Waals surface area contributed by atoms with E-state index in [-0.39, 0.29) is 10.5 Å². The highest BCUT2D eigenvalue weighted by Crippen LogP contribution is 2.22. The number of hydrogen-bond acceptors (Lipinski definition) is 5. The van der Waals surface area contributed by atoms with Gasteiger partial charge < -0.3 is 9.30 Å². The van der Waals surface area contributed by atoms with Crippen molar-refractivity contribution < 1.29 is 17.9 Å². The number of methoxy groups -OCH3 is 1. The minimum absolute atomic E-state index is 0.0936. The highest BCUT2D eigenvalue weighted by molar-refractivity contribution is 9.10. The number of sulfone groups is 1. The molecule has 0 N–H and O–H groups in total. The molecule has 0 radical (unpaired) electrons. The largest absolute Gasteiger partial charge is 0.383 e. The van der Waals surface area contributed by atoms with Crippen LogP contribution in [-0.2, 0) is 21.1 Å². The molecule has 3 rings (SSSR count). The number of rotatable bonds is 5. The van der Waals surface area contributed by atoms with E-state index in [4.69, 9.17) is 4.74 Å². The molecule has 2 aromatic carbocycles. The van der Waals surface area contributed by atoms with Gasteiger partial charge in [0.25, 0.3) is 5.91 Å². The Morgan fingerprint density at radius 3 is 2.74 bits per heavy atom. The van der Waals surface area contributed by atoms with Crippen LogP contribution in [-0.4, -0.2) is 38.9 Å². The number of thiazole rings is 1. The van der Waals surface area contributed by atoms with E-state index in [2.05, 4.69) is 20.9 Å². The Morgan fingerprint density at radius 2 is 2.04 bits per heavy atom. The van der Waals surface area contributed by atoms with Gasteiger partial charge >= 0.3 is 0 Å². The molecule has 0 bridgehead atoms. The molecule has 0 fully saturated rings. The van der Waals surface area contributed by atoms with Gasteiger partial charge in [0.05, 0.1) is 21.7 Å². The standard InChI is InChI=1S/C18H17BrN2O4S2/c1-25-9-8-21-15-7-6-13(19)11-16(15)26-18(21)20-17(22)12-4-3-5-14(10-12)27(2,23)24/h3-7,10-11H,8-9H2,1-2H3. The zero-order valence-electron chi connectivity index (χ0n) is 14.7. The number of fused-ring (bicyclic) bond motifs is 1. The van der Waals surface area contributed by atoms with Crippen LogP contribution in [0, 0.1) is 0 Å². The second-order valence-electron chi connectivity index (χ2n) is 5.86. The van der Waals surface area contributed by atoms with Crippen LogP contribution in [0.2, 0.25) is 0 Å². The molecule has 0 aliphatic heterocycles. The summed E-state index contributed by atoms with van der Waals surface area (Å²) in [5.74, 6) is -0.489. The number of nitrogens with zero attached hydrogens (tertiary/aromatic N) is 2. The topological polar surface area (TPSA) is 77.7 Å². The third-order valence-electron chi connectivity index (χ3n) is 3.87. The molecule has 1 heterocycles. The first-order valence-electron chi connectivity index (χ1n) is 7.96. The predicted octanol–water partition coefficient (Wildman–Crippen LogP) is 3.26. The molecule has 0 aliphatic rings. The number of ether oxygens (including phenoxy) is 1. The van der Waals surface area contributed by atoms with Crippen molar-refractivity contribution in [3.63, 3.8) is 0 Å². The average Bonchev–Trinajstić information content (AvgIpc) is 2.95. The summed E-state index contributed by atoms with van der Waals surface area (Å²) in [6.07, 6.45) is 1.11. The number of halogens is 1. The summed E-state index contributed by atoms with van der Waals surface area (Å²) < 4.78 is 32.5. The number of carbonyl (C=O) groups excluding carboxylic acids is 1. The summed E-state index contributed by atoms with van der Waals surface area (Å²) in [6, 6.07) is 11.8. The van der Waals surface area contributed by atoms with Gasteiger partial charge in [0.15, 0.2) is 14.6 Å². The summed E-state index contributed by atoms with van der Waals surface area (Å²) in [7, 11) is -1.78. The number of amides is 1. The Labute approximate surface area is 169 Å². The fraction of sp³-hybridized carbons (Fsp3) is 0.222. The van der Waals surface area contributed by atoms with Crippen molar-refractivity contribution in [3.05, 3.63) is 57.3 Å². The lowest BCUT2D eigenvalue weighted by molar-refractivity contribution is 0.0997. The van der Waals surface area contributed by atoms with Crippen molar-refractivity contribution in [1.82, 2.24) is 4.57 Å². The molecule has 0 saturated carbocycles. The van der Waals surface area contributed by atoms with E-state index in [1.807, 2.05) is 22.8 Å². The van der Waals surface area contributed by atoms with Crippen LogP contribution in [0.25, 0.3) is 10.2 Å². The maximum Gasteiger partial charge on any atom is 0.279 e. The molecule has 9 heteroatoms. The van der Waals surface area contributed by atoms with E-state index in [9.17, 15) is 13.2 Å². The van der Waals surface area contributed by atoms with Crippen molar-refractivity contribution in [2.45, 2.75) is 11.4 Å². The molecule has 0 atom stereocenters. The fourth-order valence-corrected chi connectivity index (χ4v) is 4.82. The normalized spacial score (nSPS) is 12.6. The number of benzene rings is 2. The van der Waals surface area contributed by atoms with E-state index in [1.165, 1.54) is 23.5 Å². The van der Waals surface area contributed by atoms with Crippen molar-refractivity contribution in [3.8, 4) is 0 Å². The first-order chi connectivity index (χ1) is 12.8. The van der Waals surface area contributed by atoms with E-state index < -0.39 is 15.7 Å². The van der Waals surface area contributed by atoms with Crippen LogP contribution in [0.1, 0.15) is 10.4 Å². The molecular formula is C18H17BrN2O4S2. The number of carbonyl (C=O) groups is 1. The Hall–Kier alpha value is -1.81. The zero-order chi connectivity index (χ0) is 19.6. The molecule has 0 unspecified atom stereocenters. The summed E-state index contributed by atoms with van der Waals surface area (Å²) in [6.45, 7) is 1.03. The fourth-order valence-electron chi connectivity index (χ4n) is 2.54. The van der Waals surface area contributed by atoms with E-state index in [1.54, 1.807) is 19.2 Å². The van der Waals surface area contributed by atoms with Crippen molar-refractivity contribution in [1.29, 1.82) is 0 Å². The highest BCUT2D eigenvalue weighted by atomic mass is 79.9. The van der Waals surface area contributed by atoms with Crippen LogP contribution in [0.3, 0.4) is 0 Å². The first-order valence-corrected chi connectivity index (χ1v) is 11.5. The summed E-state index contributed by atoms with van der Waals surface area (Å²) in [5, 5.41) is 0. The lowest BCUT2D eigenvalue weighted by Crippen LogP contribution is -2.19. The van der Waals surface area contributed by atoms with Crippen molar-refractivity contribution in [2.75, 3.05) is 20.0 Å². The van der Waals surface area contributed by atoms with Crippen molar-refractivity contribution >= 4 is 53.2 Å². The van der Waals surface area contributed by atoms with Crippen LogP contribution in [0.15, 0.2) is 56.8 Å². The van der Waals surface area contributed by atoms with E-state index in [0.717, 1.165) is 20.9 Å². The molecule has 0 saturated heterocycles. The van der Waals surface area contributed by atoms with Gasteiger partial charge in [-0.1, -0.05) is 33.3 Å². The Morgan fingerprint density at radius 1 is 1.26 bits per heavy atom. The highest BCUT2D eigenvalue weighted by Gasteiger charge is 2.13. The van der Waals surface area contributed by atoms with E-state index >= 15 is 0 Å². The van der Waals surface area contributed by atoms with Gasteiger partial charge in [-0.25, -0.2) is 8.42 Å². The maximum absolute atomic E-state index is 12.7. The summed E-state index contributed by atoms with van der Waals surface area (Å²) in [4.78, 5) is 17.5. The van der Waals surface area contributed by atoms with E-state index in [0.29, 0.717) is 18.0 Å². The molecule has 1 amide bonds. The molecule has 0 aliphatic carbocycles. The molecular weight excluding hydrogens is 452 g/mol. The second-order valence-corrected chi connectivity index (χ2v) is 9.80. The Bertz CT molecular complexity index is 1180. The first kappa shape index (κ1) is 19.9. The Balaban J connectivity index is 2.11. The van der Waals surface area contributed by atoms with Crippen LogP contribution in [0.5, 0.6) is 0 Å². The summed E-state index contributed by atoms with van der Waals surface area (Å²) >= 11 is 4.84. The molecule has 6 nitrogen and oxygen atoms in total. The SMILES string of the molecule is COCCn1c(=NC(=O)c2cccc(S(C)(=O)=O)c2)sc2cc(Br)ccc21. The van der Waals surface area contributed by atoms with Gasteiger partial charge in [0.1, 0.15) is 0 Å². The maximum atomic E-state index is 12.7. The number of aromatic nitrogens is 1. The average molecular weight is 469 g/mol. The minimum atomic E-state index is -3.40. The zero-order valence-corrected chi connectivity index (χ0v) is 17.9. The lowest BCUT2D eigenvalue weighted by Gasteiger charge is -2.04. The Kier molecular flexibility index (Phi) is 5.95. The number of hydrogen-bond donors (Lipinski definition) is 0. The predicted molar refractivity (Wildman–Crippen MR) is 109 cm³/mol. The monoisotopic (exact) mass is 468 g/mol. The van der Waals surface area contributed by atoms with Crippen molar-refractivity contribution in [2.24, 2.45) is 4.99 Å². The van der Waals surface area contributed by atoms with Gasteiger partial charge in [-0.2, -0.15) is 4.99 Å². The smallest absolute Gasteiger partial charge is 0.279 e. The lowest BCUT2D eigenvalue weighted by atomic mass is 10.2. The van der Waals surface area contributed by atoms with Crippen LogP contribution in [0.4, 0.5) is 0 Å². The second kappa shape index (κ2) is 8.05. The van der Waals surface area contributed by atoms with Crippen LogP contribution < -0.4 is 4.80 Å². The van der Waals surface area contributed by atoms with Crippen LogP contribution >= 0.6 is 27.3 Å². The molecule has 1 aromatic heterocycles. The van der Waals surface area contributed by atoms with Gasteiger partial charge in [0, 0.05) is 29.9 Å². The molecule has 142 valence electrons. The summed E-state index contributed by atoms with van der Waals surface area (Å²) in [5.41, 5.74) is 1.19. The molecule has 3 aromatic rings. The third-order valence-corrected chi connectivity index (χ3v) is 6.51. The molecule has 0 spiro atoms. The van der Waals surface area contributed by atoms with Gasteiger partial charge in [0.2, 0.25) is 0 Å². The van der Waals surface area contributed by atoms with Gasteiger partial charge in [-0.3, -0.25) is 4.79 Å². The third kappa shape index (κ3) is 4.55.